The molecule has 124 valence electrons. The van der Waals surface area contributed by atoms with Crippen LogP contribution >= 0.6 is 0 Å². The van der Waals surface area contributed by atoms with Crippen LogP contribution in [0.4, 0.5) is 0 Å². The molecule has 3 heteroatoms. The highest BCUT2D eigenvalue weighted by Crippen LogP contribution is 2.23. The number of aromatic hydroxyl groups is 1. The molecule has 3 nitrogen and oxygen atoms in total. The number of phenolic OH excluding ortho intramolecular Hbond substituents is 1. The number of phenols is 1. The minimum Gasteiger partial charge on any atom is -0.508 e. The maximum Gasteiger partial charge on any atom is 0.337 e. The minimum absolute atomic E-state index is 0.220. The van der Waals surface area contributed by atoms with Gasteiger partial charge >= 0.3 is 5.97 Å². The zero-order chi connectivity index (χ0) is 17.8. The average molecular weight is 314 g/mol. The van der Waals surface area contributed by atoms with Gasteiger partial charge in [-0.1, -0.05) is 58.5 Å². The number of hydrogen-bond acceptors (Lipinski definition) is 3. The number of carbonyl (C=O) groups is 1. The molecule has 0 aliphatic rings. The van der Waals surface area contributed by atoms with Crippen LogP contribution in [-0.4, -0.2) is 18.2 Å². The average Bonchev–Trinajstić information content (AvgIpc) is 2.64. The van der Waals surface area contributed by atoms with Gasteiger partial charge in [-0.05, 0) is 41.0 Å². The fraction of sp³-hybridized carbons (Fsp3) is 0.250. The molecule has 2 aromatic carbocycles. The summed E-state index contributed by atoms with van der Waals surface area (Å²) in [5.74, 6) is -0.139. The van der Waals surface area contributed by atoms with Crippen LogP contribution in [0, 0.1) is 0 Å². The summed E-state index contributed by atoms with van der Waals surface area (Å²) in [5.41, 5.74) is 3.17. The van der Waals surface area contributed by atoms with Gasteiger partial charge in [0.1, 0.15) is 5.75 Å². The molecule has 0 bridgehead atoms. The summed E-state index contributed by atoms with van der Waals surface area (Å²) in [4.78, 5) is 11.3. The first-order valence-electron chi connectivity index (χ1n) is 7.79. The fourth-order valence-corrected chi connectivity index (χ4v) is 1.75. The molecule has 0 heterocycles. The quantitative estimate of drug-likeness (QED) is 0.783. The maximum atomic E-state index is 11.3. The summed E-state index contributed by atoms with van der Waals surface area (Å²) in [6.45, 7) is 12.0. The summed E-state index contributed by atoms with van der Waals surface area (Å²) < 4.78 is 4.65. The zero-order valence-corrected chi connectivity index (χ0v) is 14.6. The third kappa shape index (κ3) is 5.99. The third-order valence-electron chi connectivity index (χ3n) is 2.87. The topological polar surface area (TPSA) is 46.5 Å². The molecule has 0 aromatic heterocycles. The molecule has 0 aliphatic heterocycles. The van der Waals surface area contributed by atoms with Crippen molar-refractivity contribution in [1.29, 1.82) is 0 Å². The van der Waals surface area contributed by atoms with Crippen LogP contribution in [0.5, 0.6) is 5.75 Å². The predicted octanol–water partition coefficient (Wildman–Crippen LogP) is 5.29. The Hall–Kier alpha value is -2.55. The van der Waals surface area contributed by atoms with Crippen molar-refractivity contribution in [3.8, 4) is 5.75 Å². The normalized spacial score (nSPS) is 8.74. The van der Waals surface area contributed by atoms with Gasteiger partial charge in [-0.25, -0.2) is 4.79 Å². The van der Waals surface area contributed by atoms with Crippen LogP contribution < -0.4 is 0 Å². The minimum atomic E-state index is -0.359. The summed E-state index contributed by atoms with van der Waals surface area (Å²) in [6, 6.07) is 13.9. The molecule has 0 unspecified atom stereocenters. The van der Waals surface area contributed by atoms with Gasteiger partial charge in [-0.15, -0.1) is 0 Å². The van der Waals surface area contributed by atoms with E-state index in [0.717, 1.165) is 16.7 Å². The Morgan fingerprint density at radius 2 is 1.17 bits per heavy atom. The molecule has 0 saturated carbocycles. The van der Waals surface area contributed by atoms with Gasteiger partial charge in [-0.3, -0.25) is 0 Å². The second-order valence-electron chi connectivity index (χ2n) is 4.09. The van der Waals surface area contributed by atoms with Crippen molar-refractivity contribution in [2.45, 2.75) is 27.7 Å². The first-order chi connectivity index (χ1) is 11.1. The second kappa shape index (κ2) is 11.1. The Kier molecular flexibility index (Phi) is 9.85. The fourth-order valence-electron chi connectivity index (χ4n) is 1.75. The number of hydrogen-bond donors (Lipinski definition) is 1. The van der Waals surface area contributed by atoms with E-state index in [1.54, 1.807) is 36.4 Å². The van der Waals surface area contributed by atoms with E-state index >= 15 is 0 Å². The van der Waals surface area contributed by atoms with E-state index in [0.29, 0.717) is 5.56 Å². The highest BCUT2D eigenvalue weighted by Gasteiger charge is 2.06. The van der Waals surface area contributed by atoms with Crippen molar-refractivity contribution in [2.75, 3.05) is 7.11 Å². The molecule has 2 aromatic rings. The Morgan fingerprint density at radius 3 is 1.57 bits per heavy atom. The standard InChI is InChI=1S/C16H14O3.2C2H6/c1-11(13-7-9-15(17)10-8-13)12-3-5-14(6-4-12)16(18)19-2;2*1-2/h3-10,17H,1H2,2H3;2*1-2H3. The van der Waals surface area contributed by atoms with E-state index in [2.05, 4.69) is 11.3 Å². The van der Waals surface area contributed by atoms with E-state index in [1.165, 1.54) is 7.11 Å². The molecule has 0 radical (unpaired) electrons. The molecular formula is C20H26O3. The summed E-state index contributed by atoms with van der Waals surface area (Å²) in [7, 11) is 1.35. The third-order valence-corrected chi connectivity index (χ3v) is 2.87. The predicted molar refractivity (Wildman–Crippen MR) is 96.7 cm³/mol. The second-order valence-corrected chi connectivity index (χ2v) is 4.09. The Morgan fingerprint density at radius 1 is 0.826 bits per heavy atom. The lowest BCUT2D eigenvalue weighted by atomic mass is 9.98. The van der Waals surface area contributed by atoms with E-state index in [1.807, 2.05) is 39.8 Å². The van der Waals surface area contributed by atoms with Crippen molar-refractivity contribution in [1.82, 2.24) is 0 Å². The Labute approximate surface area is 139 Å². The number of ether oxygens (including phenoxy) is 1. The molecular weight excluding hydrogens is 288 g/mol. The molecule has 0 aliphatic carbocycles. The van der Waals surface area contributed by atoms with Crippen molar-refractivity contribution >= 4 is 11.5 Å². The van der Waals surface area contributed by atoms with E-state index in [4.69, 9.17) is 0 Å². The van der Waals surface area contributed by atoms with Gasteiger partial charge in [0, 0.05) is 0 Å². The number of esters is 1. The van der Waals surface area contributed by atoms with Crippen LogP contribution in [0.1, 0.15) is 49.2 Å². The summed E-state index contributed by atoms with van der Waals surface area (Å²) in [6.07, 6.45) is 0. The largest absolute Gasteiger partial charge is 0.508 e. The van der Waals surface area contributed by atoms with Crippen molar-refractivity contribution < 1.29 is 14.6 Å². The first kappa shape index (κ1) is 20.5. The van der Waals surface area contributed by atoms with Crippen LogP contribution in [-0.2, 0) is 4.74 Å². The molecule has 0 spiro atoms. The SMILES string of the molecule is C=C(c1ccc(O)cc1)c1ccc(C(=O)OC)cc1.CC.CC. The first-order valence-corrected chi connectivity index (χ1v) is 7.79. The van der Waals surface area contributed by atoms with Crippen LogP contribution in [0.3, 0.4) is 0 Å². The van der Waals surface area contributed by atoms with E-state index in [9.17, 15) is 9.90 Å². The van der Waals surface area contributed by atoms with Gasteiger partial charge in [0.25, 0.3) is 0 Å². The van der Waals surface area contributed by atoms with Gasteiger partial charge in [0.15, 0.2) is 0 Å². The Bertz CT molecular complexity index is 596. The van der Waals surface area contributed by atoms with Crippen molar-refractivity contribution in [3.05, 3.63) is 71.8 Å². The highest BCUT2D eigenvalue weighted by atomic mass is 16.5. The van der Waals surface area contributed by atoms with Gasteiger partial charge in [0.2, 0.25) is 0 Å². The van der Waals surface area contributed by atoms with E-state index < -0.39 is 0 Å². The number of methoxy groups -OCH3 is 1. The van der Waals surface area contributed by atoms with Crippen LogP contribution in [0.25, 0.3) is 5.57 Å². The van der Waals surface area contributed by atoms with Gasteiger partial charge in [0.05, 0.1) is 12.7 Å². The molecule has 0 fully saturated rings. The Balaban J connectivity index is 0.00000112. The lowest BCUT2D eigenvalue weighted by molar-refractivity contribution is 0.0600. The highest BCUT2D eigenvalue weighted by molar-refractivity contribution is 5.90. The molecule has 23 heavy (non-hydrogen) atoms. The monoisotopic (exact) mass is 314 g/mol. The smallest absolute Gasteiger partial charge is 0.337 e. The number of rotatable bonds is 3. The van der Waals surface area contributed by atoms with Gasteiger partial charge in [-0.2, -0.15) is 0 Å². The van der Waals surface area contributed by atoms with Crippen LogP contribution in [0.15, 0.2) is 55.1 Å². The van der Waals surface area contributed by atoms with Crippen LogP contribution in [0.2, 0.25) is 0 Å². The van der Waals surface area contributed by atoms with Gasteiger partial charge < -0.3 is 9.84 Å². The van der Waals surface area contributed by atoms with E-state index in [-0.39, 0.29) is 11.7 Å². The lowest BCUT2D eigenvalue weighted by Gasteiger charge is -2.07. The number of carbonyl (C=O) groups excluding carboxylic acids is 1. The molecule has 1 N–H and O–H groups in total. The maximum absolute atomic E-state index is 11.3. The number of benzene rings is 2. The molecule has 2 rings (SSSR count). The summed E-state index contributed by atoms with van der Waals surface area (Å²) >= 11 is 0. The molecule has 0 amide bonds. The zero-order valence-electron chi connectivity index (χ0n) is 14.6. The lowest BCUT2D eigenvalue weighted by Crippen LogP contribution is -2.00. The summed E-state index contributed by atoms with van der Waals surface area (Å²) in [5, 5.41) is 9.25. The molecule has 0 saturated heterocycles. The van der Waals surface area contributed by atoms with Crippen molar-refractivity contribution in [3.63, 3.8) is 0 Å². The van der Waals surface area contributed by atoms with Crippen molar-refractivity contribution in [2.24, 2.45) is 0 Å². The molecule has 0 atom stereocenters.